The van der Waals surface area contributed by atoms with Gasteiger partial charge in [-0.1, -0.05) is 54.4 Å². The number of nitrogens with zero attached hydrogens (tertiary/aromatic N) is 3. The molecule has 1 N–H and O–H groups in total. The summed E-state index contributed by atoms with van der Waals surface area (Å²) < 4.78 is 11.2. The number of rotatable bonds is 9. The SMILES string of the molecule is CCCOc1ccc2oc(C(=O)NCC(=O)N3CCN(c4ccccc4CN4CCCCC4=O)CC3)cc(=O)c2c1.Cc1ccc(Cl)cc1. The number of nitrogens with one attached hydrogen (secondary N) is 1. The lowest BCUT2D eigenvalue weighted by Crippen LogP contribution is -2.51. The predicted molar refractivity (Wildman–Crippen MR) is 191 cm³/mol. The molecular formula is C38H43ClN4O6. The molecule has 3 heterocycles. The van der Waals surface area contributed by atoms with Crippen molar-refractivity contribution in [3.05, 3.63) is 105 Å². The summed E-state index contributed by atoms with van der Waals surface area (Å²) in [6, 6.07) is 21.9. The van der Waals surface area contributed by atoms with E-state index in [1.165, 1.54) is 5.56 Å². The number of amides is 3. The fourth-order valence-electron chi connectivity index (χ4n) is 5.83. The molecule has 0 unspecified atom stereocenters. The molecule has 0 radical (unpaired) electrons. The van der Waals surface area contributed by atoms with Crippen LogP contribution in [0.25, 0.3) is 11.0 Å². The summed E-state index contributed by atoms with van der Waals surface area (Å²) in [7, 11) is 0. The zero-order valence-electron chi connectivity index (χ0n) is 28.1. The number of halogens is 1. The average Bonchev–Trinajstić information content (AvgIpc) is 3.12. The predicted octanol–water partition coefficient (Wildman–Crippen LogP) is 5.82. The second kappa shape index (κ2) is 17.0. The van der Waals surface area contributed by atoms with E-state index in [4.69, 9.17) is 20.8 Å². The minimum absolute atomic E-state index is 0.147. The highest BCUT2D eigenvalue weighted by molar-refractivity contribution is 6.30. The fourth-order valence-corrected chi connectivity index (χ4v) is 5.96. The highest BCUT2D eigenvalue weighted by Gasteiger charge is 2.25. The lowest BCUT2D eigenvalue weighted by atomic mass is 10.1. The van der Waals surface area contributed by atoms with Gasteiger partial charge in [-0.25, -0.2) is 0 Å². The van der Waals surface area contributed by atoms with Gasteiger partial charge in [0.1, 0.15) is 11.3 Å². The van der Waals surface area contributed by atoms with Crippen LogP contribution in [-0.2, 0) is 16.1 Å². The topological polar surface area (TPSA) is 112 Å². The molecule has 6 rings (SSSR count). The molecule has 10 nitrogen and oxygen atoms in total. The minimum atomic E-state index is -0.622. The molecule has 49 heavy (non-hydrogen) atoms. The van der Waals surface area contributed by atoms with E-state index >= 15 is 0 Å². The van der Waals surface area contributed by atoms with E-state index in [2.05, 4.69) is 22.3 Å². The van der Waals surface area contributed by atoms with Gasteiger partial charge < -0.3 is 29.2 Å². The van der Waals surface area contributed by atoms with Gasteiger partial charge >= 0.3 is 0 Å². The molecule has 2 saturated heterocycles. The Morgan fingerprint density at radius 3 is 2.39 bits per heavy atom. The highest BCUT2D eigenvalue weighted by Crippen LogP contribution is 2.25. The number of piperidine rings is 1. The fraction of sp³-hybridized carbons (Fsp3) is 0.368. The number of carbonyl (C=O) groups excluding carboxylic acids is 3. The van der Waals surface area contributed by atoms with Crippen molar-refractivity contribution in [2.24, 2.45) is 0 Å². The second-order valence-corrected chi connectivity index (χ2v) is 12.7. The third kappa shape index (κ3) is 9.63. The van der Waals surface area contributed by atoms with Crippen LogP contribution in [0.1, 0.15) is 54.3 Å². The van der Waals surface area contributed by atoms with Crippen LogP contribution in [0, 0.1) is 6.92 Å². The van der Waals surface area contributed by atoms with Crippen molar-refractivity contribution in [1.82, 2.24) is 15.1 Å². The Morgan fingerprint density at radius 2 is 1.67 bits per heavy atom. The quantitative estimate of drug-likeness (QED) is 0.236. The molecule has 2 aliphatic heterocycles. The van der Waals surface area contributed by atoms with Gasteiger partial charge in [-0.15, -0.1) is 0 Å². The van der Waals surface area contributed by atoms with Crippen molar-refractivity contribution in [1.29, 1.82) is 0 Å². The number of anilines is 1. The van der Waals surface area contributed by atoms with Gasteiger partial charge in [-0.2, -0.15) is 0 Å². The molecule has 1 aromatic heterocycles. The summed E-state index contributed by atoms with van der Waals surface area (Å²) in [5.74, 6) is -0.201. The summed E-state index contributed by atoms with van der Waals surface area (Å²) in [4.78, 5) is 56.5. The second-order valence-electron chi connectivity index (χ2n) is 12.2. The first-order valence-electron chi connectivity index (χ1n) is 16.8. The van der Waals surface area contributed by atoms with Crippen molar-refractivity contribution >= 4 is 46.0 Å². The van der Waals surface area contributed by atoms with E-state index in [9.17, 15) is 19.2 Å². The van der Waals surface area contributed by atoms with Crippen LogP contribution in [0.5, 0.6) is 5.75 Å². The number of likely N-dealkylation sites (tertiary alicyclic amines) is 1. The maximum absolute atomic E-state index is 12.9. The molecule has 4 aromatic rings. The molecule has 2 aliphatic rings. The van der Waals surface area contributed by atoms with Crippen molar-refractivity contribution in [3.63, 3.8) is 0 Å². The van der Waals surface area contributed by atoms with Gasteiger partial charge in [0.25, 0.3) is 5.91 Å². The summed E-state index contributed by atoms with van der Waals surface area (Å²) in [5, 5.41) is 3.72. The third-order valence-electron chi connectivity index (χ3n) is 8.55. The Hall–Kier alpha value is -4.83. The summed E-state index contributed by atoms with van der Waals surface area (Å²) >= 11 is 5.61. The number of ether oxygens (including phenoxy) is 1. The molecular weight excluding hydrogens is 644 g/mol. The van der Waals surface area contributed by atoms with Gasteiger partial charge in [0.2, 0.25) is 11.8 Å². The van der Waals surface area contributed by atoms with Gasteiger partial charge in [0.05, 0.1) is 18.5 Å². The number of hydrogen-bond donors (Lipinski definition) is 1. The van der Waals surface area contributed by atoms with Crippen molar-refractivity contribution in [2.75, 3.05) is 50.8 Å². The molecule has 3 aromatic carbocycles. The van der Waals surface area contributed by atoms with Crippen LogP contribution in [0.3, 0.4) is 0 Å². The number of carbonyl (C=O) groups is 3. The van der Waals surface area contributed by atoms with E-state index < -0.39 is 5.91 Å². The van der Waals surface area contributed by atoms with Crippen LogP contribution < -0.4 is 20.4 Å². The van der Waals surface area contributed by atoms with Crippen molar-refractivity contribution < 1.29 is 23.5 Å². The van der Waals surface area contributed by atoms with Crippen molar-refractivity contribution in [2.45, 2.75) is 46.1 Å². The first-order valence-corrected chi connectivity index (χ1v) is 17.2. The molecule has 0 aliphatic carbocycles. The lowest BCUT2D eigenvalue weighted by Gasteiger charge is -2.37. The molecule has 11 heteroatoms. The van der Waals surface area contributed by atoms with Gasteiger partial charge in [-0.05, 0) is 68.1 Å². The molecule has 258 valence electrons. The van der Waals surface area contributed by atoms with Crippen LogP contribution in [0.4, 0.5) is 5.69 Å². The number of piperazine rings is 1. The van der Waals surface area contributed by atoms with Gasteiger partial charge in [0, 0.05) is 62.5 Å². The smallest absolute Gasteiger partial charge is 0.287 e. The highest BCUT2D eigenvalue weighted by atomic mass is 35.5. The lowest BCUT2D eigenvalue weighted by molar-refractivity contribution is -0.134. The molecule has 0 saturated carbocycles. The molecule has 2 fully saturated rings. The van der Waals surface area contributed by atoms with Crippen LogP contribution in [0.2, 0.25) is 5.02 Å². The Labute approximate surface area is 291 Å². The average molecular weight is 687 g/mol. The standard InChI is InChI=1S/C31H36N4O6.C7H7Cl/c1-2-17-40-23-10-11-27-24(18-23)26(36)19-28(41-27)31(39)32-20-30(38)34-15-13-33(14-16-34)25-8-4-3-7-22(25)21-35-12-6-5-9-29(35)37;1-6-2-4-7(8)5-3-6/h3-4,7-8,10-11,18-19H,2,5-6,9,12-17,20-21H2,1H3,(H,32,39);2-5H,1H3. The Bertz CT molecular complexity index is 1800. The van der Waals surface area contributed by atoms with E-state index in [0.29, 0.717) is 56.9 Å². The number of fused-ring (bicyclic) bond motifs is 1. The largest absolute Gasteiger partial charge is 0.494 e. The monoisotopic (exact) mass is 686 g/mol. The van der Waals surface area contributed by atoms with E-state index in [1.807, 2.05) is 55.1 Å². The van der Waals surface area contributed by atoms with Gasteiger partial charge in [0.15, 0.2) is 11.2 Å². The van der Waals surface area contributed by atoms with E-state index in [-0.39, 0.29) is 35.1 Å². The number of para-hydroxylation sites is 1. The van der Waals surface area contributed by atoms with E-state index in [0.717, 1.165) is 48.1 Å². The summed E-state index contributed by atoms with van der Waals surface area (Å²) in [6.07, 6.45) is 3.45. The molecule has 3 amide bonds. The Balaban J connectivity index is 0.000000514. The Kier molecular flexibility index (Phi) is 12.3. The normalized spacial score (nSPS) is 14.7. The maximum atomic E-state index is 12.9. The molecule has 0 spiro atoms. The third-order valence-corrected chi connectivity index (χ3v) is 8.81. The van der Waals surface area contributed by atoms with Gasteiger partial charge in [-0.3, -0.25) is 19.2 Å². The van der Waals surface area contributed by atoms with E-state index in [1.54, 1.807) is 23.1 Å². The zero-order valence-corrected chi connectivity index (χ0v) is 28.8. The van der Waals surface area contributed by atoms with Crippen molar-refractivity contribution in [3.8, 4) is 5.75 Å². The number of hydrogen-bond acceptors (Lipinski definition) is 7. The Morgan fingerprint density at radius 1 is 0.918 bits per heavy atom. The first kappa shape index (κ1) is 35.5. The summed E-state index contributed by atoms with van der Waals surface area (Å²) in [6.45, 7) is 8.08. The number of aryl methyl sites for hydroxylation is 1. The molecule has 0 atom stereocenters. The minimum Gasteiger partial charge on any atom is -0.494 e. The molecule has 0 bridgehead atoms. The maximum Gasteiger partial charge on any atom is 0.287 e. The zero-order chi connectivity index (χ0) is 34.8. The van der Waals surface area contributed by atoms with Crippen LogP contribution in [0.15, 0.2) is 82.0 Å². The number of benzene rings is 3. The van der Waals surface area contributed by atoms with Crippen LogP contribution in [-0.4, -0.2) is 73.4 Å². The summed E-state index contributed by atoms with van der Waals surface area (Å²) in [5.41, 5.74) is 3.36. The van der Waals surface area contributed by atoms with Crippen LogP contribution >= 0.6 is 11.6 Å². The first-order chi connectivity index (χ1) is 23.7.